The Morgan fingerprint density at radius 2 is 2.05 bits per heavy atom. The standard InChI is InChI=1S/C12H17FN2O2S2/c1-9-11(13)7-10(14)8-12(9)19(16,17)15-3-2-5-18-6-4-15/h7-8H,2-6,14H2,1H3. The van der Waals surface area contributed by atoms with Crippen LogP contribution in [0.3, 0.4) is 0 Å². The average Bonchev–Trinajstić information content (AvgIpc) is 2.62. The van der Waals surface area contributed by atoms with Crippen molar-refractivity contribution in [2.45, 2.75) is 18.2 Å². The minimum absolute atomic E-state index is 0.0168. The molecule has 1 aromatic rings. The van der Waals surface area contributed by atoms with Crippen molar-refractivity contribution in [3.63, 3.8) is 0 Å². The molecular weight excluding hydrogens is 287 g/mol. The molecule has 0 amide bonds. The SMILES string of the molecule is Cc1c(F)cc(N)cc1S(=O)(=O)N1CCCSCC1. The number of hydrogen-bond acceptors (Lipinski definition) is 4. The number of anilines is 1. The van der Waals surface area contributed by atoms with Gasteiger partial charge >= 0.3 is 0 Å². The fourth-order valence-corrected chi connectivity index (χ4v) is 4.80. The summed E-state index contributed by atoms with van der Waals surface area (Å²) in [6, 6.07) is 2.48. The molecule has 0 saturated carbocycles. The first-order valence-electron chi connectivity index (χ1n) is 6.06. The van der Waals surface area contributed by atoms with E-state index in [0.717, 1.165) is 24.0 Å². The smallest absolute Gasteiger partial charge is 0.243 e. The molecule has 1 aromatic carbocycles. The highest BCUT2D eigenvalue weighted by molar-refractivity contribution is 7.99. The average molecular weight is 304 g/mol. The number of hydrogen-bond donors (Lipinski definition) is 1. The van der Waals surface area contributed by atoms with Crippen molar-refractivity contribution in [1.82, 2.24) is 4.31 Å². The Hall–Kier alpha value is -0.790. The molecule has 1 aliphatic heterocycles. The van der Waals surface area contributed by atoms with E-state index in [1.807, 2.05) is 0 Å². The van der Waals surface area contributed by atoms with Gasteiger partial charge in [0.1, 0.15) is 5.82 Å². The second-order valence-electron chi connectivity index (χ2n) is 4.50. The summed E-state index contributed by atoms with van der Waals surface area (Å²) >= 11 is 1.74. The van der Waals surface area contributed by atoms with Gasteiger partial charge in [0.2, 0.25) is 10.0 Å². The van der Waals surface area contributed by atoms with E-state index in [9.17, 15) is 12.8 Å². The lowest BCUT2D eigenvalue weighted by Gasteiger charge is -2.21. The topological polar surface area (TPSA) is 63.4 Å². The van der Waals surface area contributed by atoms with Gasteiger partial charge in [-0.25, -0.2) is 12.8 Å². The van der Waals surface area contributed by atoms with Crippen LogP contribution in [0.2, 0.25) is 0 Å². The van der Waals surface area contributed by atoms with Gasteiger partial charge in [-0.2, -0.15) is 16.1 Å². The lowest BCUT2D eigenvalue weighted by molar-refractivity contribution is 0.434. The lowest BCUT2D eigenvalue weighted by atomic mass is 10.2. The van der Waals surface area contributed by atoms with E-state index in [1.54, 1.807) is 11.8 Å². The number of nitrogen functional groups attached to an aromatic ring is 1. The zero-order valence-electron chi connectivity index (χ0n) is 10.7. The third kappa shape index (κ3) is 3.04. The molecule has 106 valence electrons. The van der Waals surface area contributed by atoms with Gasteiger partial charge in [0.15, 0.2) is 0 Å². The van der Waals surface area contributed by atoms with Crippen molar-refractivity contribution in [2.24, 2.45) is 0 Å². The van der Waals surface area contributed by atoms with E-state index in [2.05, 4.69) is 0 Å². The molecule has 0 atom stereocenters. The summed E-state index contributed by atoms with van der Waals surface area (Å²) in [5, 5.41) is 0. The van der Waals surface area contributed by atoms with Gasteiger partial charge in [0, 0.05) is 30.1 Å². The Morgan fingerprint density at radius 3 is 2.79 bits per heavy atom. The lowest BCUT2D eigenvalue weighted by Crippen LogP contribution is -2.33. The van der Waals surface area contributed by atoms with E-state index in [-0.39, 0.29) is 16.1 Å². The summed E-state index contributed by atoms with van der Waals surface area (Å²) in [5.74, 6) is 1.14. The molecule has 1 heterocycles. The van der Waals surface area contributed by atoms with E-state index in [1.165, 1.54) is 17.3 Å². The third-order valence-electron chi connectivity index (χ3n) is 3.12. The van der Waals surface area contributed by atoms with E-state index in [4.69, 9.17) is 5.73 Å². The summed E-state index contributed by atoms with van der Waals surface area (Å²) < 4.78 is 40.2. The molecule has 1 saturated heterocycles. The zero-order valence-corrected chi connectivity index (χ0v) is 12.4. The maximum Gasteiger partial charge on any atom is 0.243 e. The van der Waals surface area contributed by atoms with Crippen LogP contribution in [0.1, 0.15) is 12.0 Å². The van der Waals surface area contributed by atoms with Crippen molar-refractivity contribution >= 4 is 27.5 Å². The Kier molecular flexibility index (Phi) is 4.37. The highest BCUT2D eigenvalue weighted by Crippen LogP contribution is 2.26. The molecule has 0 spiro atoms. The van der Waals surface area contributed by atoms with Crippen LogP contribution in [0, 0.1) is 12.7 Å². The summed E-state index contributed by atoms with van der Waals surface area (Å²) in [5.41, 5.74) is 5.82. The number of nitrogens with zero attached hydrogens (tertiary/aromatic N) is 1. The van der Waals surface area contributed by atoms with E-state index >= 15 is 0 Å². The van der Waals surface area contributed by atoms with Crippen molar-refractivity contribution in [2.75, 3.05) is 30.3 Å². The molecule has 1 fully saturated rings. The number of sulfonamides is 1. The van der Waals surface area contributed by atoms with Gasteiger partial charge in [-0.05, 0) is 31.2 Å². The minimum atomic E-state index is -3.66. The predicted octanol–water partition coefficient (Wildman–Crippen LogP) is 1.84. The summed E-state index contributed by atoms with van der Waals surface area (Å²) in [6.07, 6.45) is 0.813. The normalized spacial score (nSPS) is 18.2. The van der Waals surface area contributed by atoms with Gasteiger partial charge in [-0.3, -0.25) is 0 Å². The number of thioether (sulfide) groups is 1. The van der Waals surface area contributed by atoms with Gasteiger partial charge < -0.3 is 5.73 Å². The highest BCUT2D eigenvalue weighted by Gasteiger charge is 2.28. The highest BCUT2D eigenvalue weighted by atomic mass is 32.2. The van der Waals surface area contributed by atoms with Gasteiger partial charge in [-0.1, -0.05) is 0 Å². The quantitative estimate of drug-likeness (QED) is 0.847. The maximum absolute atomic E-state index is 13.7. The molecule has 1 aliphatic rings. The van der Waals surface area contributed by atoms with Gasteiger partial charge in [-0.15, -0.1) is 0 Å². The molecule has 0 aromatic heterocycles. The van der Waals surface area contributed by atoms with Gasteiger partial charge in [0.05, 0.1) is 4.90 Å². The summed E-state index contributed by atoms with van der Waals surface area (Å²) in [6.45, 7) is 2.41. The Labute approximate surface area is 117 Å². The molecule has 7 heteroatoms. The van der Waals surface area contributed by atoms with Crippen LogP contribution in [0.5, 0.6) is 0 Å². The fourth-order valence-electron chi connectivity index (χ4n) is 2.04. The number of benzene rings is 1. The van der Waals surface area contributed by atoms with Crippen LogP contribution < -0.4 is 5.73 Å². The first kappa shape index (κ1) is 14.6. The van der Waals surface area contributed by atoms with Crippen molar-refractivity contribution < 1.29 is 12.8 Å². The molecule has 19 heavy (non-hydrogen) atoms. The van der Waals surface area contributed by atoms with Crippen LogP contribution in [0.4, 0.5) is 10.1 Å². The van der Waals surface area contributed by atoms with E-state index < -0.39 is 15.8 Å². The Bertz CT molecular complexity index is 567. The molecular formula is C12H17FN2O2S2. The van der Waals surface area contributed by atoms with Crippen molar-refractivity contribution in [3.05, 3.63) is 23.5 Å². The van der Waals surface area contributed by atoms with Crippen molar-refractivity contribution in [1.29, 1.82) is 0 Å². The Morgan fingerprint density at radius 1 is 1.32 bits per heavy atom. The van der Waals surface area contributed by atoms with Gasteiger partial charge in [0.25, 0.3) is 0 Å². The largest absolute Gasteiger partial charge is 0.399 e. The van der Waals surface area contributed by atoms with Crippen LogP contribution in [0.15, 0.2) is 17.0 Å². The maximum atomic E-state index is 13.7. The van der Waals surface area contributed by atoms with Crippen LogP contribution >= 0.6 is 11.8 Å². The first-order valence-corrected chi connectivity index (χ1v) is 8.66. The molecule has 0 bridgehead atoms. The van der Waals surface area contributed by atoms with E-state index in [0.29, 0.717) is 13.1 Å². The predicted molar refractivity (Wildman–Crippen MR) is 76.3 cm³/mol. The Balaban J connectivity index is 2.44. The fraction of sp³-hybridized carbons (Fsp3) is 0.500. The second-order valence-corrected chi connectivity index (χ2v) is 7.63. The van der Waals surface area contributed by atoms with Crippen molar-refractivity contribution in [3.8, 4) is 0 Å². The minimum Gasteiger partial charge on any atom is -0.399 e. The molecule has 2 rings (SSSR count). The summed E-state index contributed by atoms with van der Waals surface area (Å²) in [4.78, 5) is -0.0168. The number of rotatable bonds is 2. The molecule has 0 aliphatic carbocycles. The number of halogens is 1. The third-order valence-corrected chi connectivity index (χ3v) is 6.19. The molecule has 0 unspecified atom stereocenters. The molecule has 2 N–H and O–H groups in total. The first-order chi connectivity index (χ1) is 8.93. The van der Waals surface area contributed by atoms with Crippen LogP contribution in [-0.2, 0) is 10.0 Å². The van der Waals surface area contributed by atoms with Crippen LogP contribution in [-0.4, -0.2) is 37.3 Å². The summed E-state index contributed by atoms with van der Waals surface area (Å²) in [7, 11) is -3.66. The zero-order chi connectivity index (χ0) is 14.0. The monoisotopic (exact) mass is 304 g/mol. The second kappa shape index (κ2) is 5.68. The number of nitrogens with two attached hydrogens (primary N) is 1. The molecule has 0 radical (unpaired) electrons. The van der Waals surface area contributed by atoms with Crippen LogP contribution in [0.25, 0.3) is 0 Å². The molecule has 4 nitrogen and oxygen atoms in total.